The van der Waals surface area contributed by atoms with Gasteiger partial charge >= 0.3 is 0 Å². The summed E-state index contributed by atoms with van der Waals surface area (Å²) >= 11 is 2.01. The van der Waals surface area contributed by atoms with E-state index in [1.165, 1.54) is 17.0 Å². The van der Waals surface area contributed by atoms with Crippen molar-refractivity contribution in [3.8, 4) is 0 Å². The van der Waals surface area contributed by atoms with Crippen molar-refractivity contribution in [3.05, 3.63) is 29.8 Å². The summed E-state index contributed by atoms with van der Waals surface area (Å²) in [5.74, 6) is 2.37. The molecule has 82 valence electrons. The summed E-state index contributed by atoms with van der Waals surface area (Å²) < 4.78 is 0. The van der Waals surface area contributed by atoms with Gasteiger partial charge in [0.05, 0.1) is 6.04 Å². The Kier molecular flexibility index (Phi) is 3.54. The normalized spacial score (nSPS) is 21.7. The quantitative estimate of drug-likeness (QED) is 0.828. The van der Waals surface area contributed by atoms with Gasteiger partial charge < -0.3 is 10.6 Å². The molecule has 0 aliphatic carbocycles. The lowest BCUT2D eigenvalue weighted by Crippen LogP contribution is -2.46. The highest BCUT2D eigenvalue weighted by atomic mass is 32.2. The Labute approximate surface area is 95.8 Å². The van der Waals surface area contributed by atoms with Crippen LogP contribution in [0.3, 0.4) is 0 Å². The van der Waals surface area contributed by atoms with E-state index in [4.69, 9.17) is 5.73 Å². The number of hydrogen-bond acceptors (Lipinski definition) is 3. The molecule has 1 aromatic carbocycles. The highest BCUT2D eigenvalue weighted by molar-refractivity contribution is 7.99. The predicted octanol–water partition coefficient (Wildman–Crippen LogP) is 1.88. The van der Waals surface area contributed by atoms with E-state index in [0.29, 0.717) is 6.04 Å². The molecular formula is C12H18N2S. The molecule has 15 heavy (non-hydrogen) atoms. The lowest BCUT2D eigenvalue weighted by Gasteiger charge is -2.36. The molecule has 3 heteroatoms. The standard InChI is InChI=1S/C12H18N2S/c1-10-2-4-11(5-3-10)14-6-7-15-9-12(14)8-13/h2-5,12H,6-9,13H2,1H3. The van der Waals surface area contributed by atoms with Crippen LogP contribution in [0.2, 0.25) is 0 Å². The number of thioether (sulfide) groups is 1. The van der Waals surface area contributed by atoms with E-state index in [-0.39, 0.29) is 0 Å². The van der Waals surface area contributed by atoms with Crippen molar-refractivity contribution in [1.29, 1.82) is 0 Å². The molecule has 1 aliphatic rings. The SMILES string of the molecule is Cc1ccc(N2CCSCC2CN)cc1. The molecule has 0 amide bonds. The molecule has 1 atom stereocenters. The second kappa shape index (κ2) is 4.90. The molecule has 2 N–H and O–H groups in total. The summed E-state index contributed by atoms with van der Waals surface area (Å²) in [6, 6.07) is 9.25. The average Bonchev–Trinajstić information content (AvgIpc) is 2.30. The number of hydrogen-bond donors (Lipinski definition) is 1. The molecule has 1 heterocycles. The largest absolute Gasteiger partial charge is 0.366 e. The van der Waals surface area contributed by atoms with E-state index in [9.17, 15) is 0 Å². The van der Waals surface area contributed by atoms with Crippen LogP contribution in [0, 0.1) is 6.92 Å². The molecule has 1 fully saturated rings. The smallest absolute Gasteiger partial charge is 0.0503 e. The highest BCUT2D eigenvalue weighted by Gasteiger charge is 2.21. The summed E-state index contributed by atoms with van der Waals surface area (Å²) in [6.07, 6.45) is 0. The second-order valence-corrected chi connectivity index (χ2v) is 5.14. The maximum absolute atomic E-state index is 5.81. The first-order valence-corrected chi connectivity index (χ1v) is 6.58. The molecule has 1 unspecified atom stereocenters. The minimum absolute atomic E-state index is 0.506. The van der Waals surface area contributed by atoms with Crippen LogP contribution in [0.15, 0.2) is 24.3 Å². The summed E-state index contributed by atoms with van der Waals surface area (Å²) in [6.45, 7) is 3.99. The first kappa shape index (κ1) is 10.8. The van der Waals surface area contributed by atoms with Crippen molar-refractivity contribution < 1.29 is 0 Å². The van der Waals surface area contributed by atoms with Gasteiger partial charge in [-0.2, -0.15) is 11.8 Å². The number of nitrogens with two attached hydrogens (primary N) is 1. The summed E-state index contributed by atoms with van der Waals surface area (Å²) in [5, 5.41) is 0. The molecule has 0 aromatic heterocycles. The fourth-order valence-corrected chi connectivity index (χ4v) is 3.01. The molecule has 1 aliphatic heterocycles. The second-order valence-electron chi connectivity index (χ2n) is 3.99. The van der Waals surface area contributed by atoms with E-state index in [1.54, 1.807) is 0 Å². The number of anilines is 1. The van der Waals surface area contributed by atoms with Gasteiger partial charge in [-0.1, -0.05) is 17.7 Å². The van der Waals surface area contributed by atoms with Crippen molar-refractivity contribution in [2.24, 2.45) is 5.73 Å². The van der Waals surface area contributed by atoms with E-state index >= 15 is 0 Å². The van der Waals surface area contributed by atoms with Crippen LogP contribution in [-0.4, -0.2) is 30.6 Å². The molecular weight excluding hydrogens is 204 g/mol. The fourth-order valence-electron chi connectivity index (χ4n) is 1.93. The molecule has 1 saturated heterocycles. The van der Waals surface area contributed by atoms with Crippen LogP contribution in [0.5, 0.6) is 0 Å². The zero-order chi connectivity index (χ0) is 10.7. The van der Waals surface area contributed by atoms with E-state index in [1.807, 2.05) is 11.8 Å². The highest BCUT2D eigenvalue weighted by Crippen LogP contribution is 2.23. The van der Waals surface area contributed by atoms with Crippen LogP contribution in [0.4, 0.5) is 5.69 Å². The maximum atomic E-state index is 5.81. The van der Waals surface area contributed by atoms with Crippen molar-refractivity contribution in [2.45, 2.75) is 13.0 Å². The van der Waals surface area contributed by atoms with Crippen molar-refractivity contribution in [3.63, 3.8) is 0 Å². The topological polar surface area (TPSA) is 29.3 Å². The zero-order valence-corrected chi connectivity index (χ0v) is 9.96. The van der Waals surface area contributed by atoms with Crippen LogP contribution in [-0.2, 0) is 0 Å². The molecule has 2 rings (SSSR count). The predicted molar refractivity (Wildman–Crippen MR) is 68.7 cm³/mol. The summed E-state index contributed by atoms with van der Waals surface area (Å²) in [4.78, 5) is 2.44. The Morgan fingerprint density at radius 3 is 2.80 bits per heavy atom. The number of nitrogens with zero attached hydrogens (tertiary/aromatic N) is 1. The Bertz CT molecular complexity index is 310. The number of aryl methyl sites for hydroxylation is 1. The third-order valence-corrected chi connectivity index (χ3v) is 3.96. The molecule has 1 aromatic rings. The van der Waals surface area contributed by atoms with Gasteiger partial charge in [0, 0.05) is 30.3 Å². The first-order chi connectivity index (χ1) is 7.31. The van der Waals surface area contributed by atoms with Gasteiger partial charge in [0.1, 0.15) is 0 Å². The van der Waals surface area contributed by atoms with Gasteiger partial charge in [-0.3, -0.25) is 0 Å². The Hall–Kier alpha value is -0.670. The summed E-state index contributed by atoms with van der Waals surface area (Å²) in [7, 11) is 0. The van der Waals surface area contributed by atoms with Crippen LogP contribution >= 0.6 is 11.8 Å². The van der Waals surface area contributed by atoms with Crippen molar-refractivity contribution in [1.82, 2.24) is 0 Å². The monoisotopic (exact) mass is 222 g/mol. The van der Waals surface area contributed by atoms with Gasteiger partial charge in [0.15, 0.2) is 0 Å². The van der Waals surface area contributed by atoms with E-state index in [0.717, 1.165) is 18.8 Å². The van der Waals surface area contributed by atoms with Gasteiger partial charge in [-0.25, -0.2) is 0 Å². The van der Waals surface area contributed by atoms with Gasteiger partial charge in [0.2, 0.25) is 0 Å². The zero-order valence-electron chi connectivity index (χ0n) is 9.15. The Morgan fingerprint density at radius 1 is 1.40 bits per heavy atom. The third-order valence-electron chi connectivity index (χ3n) is 2.87. The Morgan fingerprint density at radius 2 is 2.13 bits per heavy atom. The molecule has 0 bridgehead atoms. The summed E-state index contributed by atoms with van der Waals surface area (Å²) in [5.41, 5.74) is 8.44. The minimum Gasteiger partial charge on any atom is -0.366 e. The minimum atomic E-state index is 0.506. The maximum Gasteiger partial charge on any atom is 0.0503 e. The molecule has 0 saturated carbocycles. The van der Waals surface area contributed by atoms with Gasteiger partial charge in [0.25, 0.3) is 0 Å². The van der Waals surface area contributed by atoms with Gasteiger partial charge in [-0.15, -0.1) is 0 Å². The molecule has 2 nitrogen and oxygen atoms in total. The van der Waals surface area contributed by atoms with Crippen molar-refractivity contribution >= 4 is 17.4 Å². The Balaban J connectivity index is 2.16. The number of benzene rings is 1. The van der Waals surface area contributed by atoms with E-state index < -0.39 is 0 Å². The van der Waals surface area contributed by atoms with E-state index in [2.05, 4.69) is 36.1 Å². The molecule has 0 radical (unpaired) electrons. The average molecular weight is 222 g/mol. The van der Waals surface area contributed by atoms with Crippen molar-refractivity contribution in [2.75, 3.05) is 29.5 Å². The van der Waals surface area contributed by atoms with Gasteiger partial charge in [-0.05, 0) is 19.1 Å². The van der Waals surface area contributed by atoms with Crippen LogP contribution in [0.25, 0.3) is 0 Å². The fraction of sp³-hybridized carbons (Fsp3) is 0.500. The lowest BCUT2D eigenvalue weighted by molar-refractivity contribution is 0.655. The third kappa shape index (κ3) is 2.47. The number of rotatable bonds is 2. The van der Waals surface area contributed by atoms with Crippen LogP contribution < -0.4 is 10.6 Å². The molecule has 0 spiro atoms. The van der Waals surface area contributed by atoms with Crippen LogP contribution in [0.1, 0.15) is 5.56 Å². The first-order valence-electron chi connectivity index (χ1n) is 5.42. The lowest BCUT2D eigenvalue weighted by atomic mass is 10.2.